The van der Waals surface area contributed by atoms with Crippen LogP contribution in [0.1, 0.15) is 36.5 Å². The van der Waals surface area contributed by atoms with E-state index >= 15 is 0 Å². The molecule has 20 heavy (non-hydrogen) atoms. The van der Waals surface area contributed by atoms with E-state index in [0.29, 0.717) is 31.6 Å². The minimum Gasteiger partial charge on any atom is -0.341 e. The molecule has 2 rings (SSSR count). The standard InChI is InChI=1S/C15H21N3O2/c1-2-4-14(19)17-9-3-10-18(12-11-17)15(20)13-5-7-16-8-6-13/h5-8H,2-4,9-12H2,1H3. The van der Waals surface area contributed by atoms with E-state index in [-0.39, 0.29) is 11.8 Å². The summed E-state index contributed by atoms with van der Waals surface area (Å²) >= 11 is 0. The van der Waals surface area contributed by atoms with E-state index in [1.807, 2.05) is 16.7 Å². The molecule has 0 radical (unpaired) electrons. The summed E-state index contributed by atoms with van der Waals surface area (Å²) < 4.78 is 0. The molecule has 1 aliphatic rings. The largest absolute Gasteiger partial charge is 0.341 e. The number of nitrogens with zero attached hydrogens (tertiary/aromatic N) is 3. The van der Waals surface area contributed by atoms with Crippen LogP contribution in [-0.4, -0.2) is 52.8 Å². The van der Waals surface area contributed by atoms with Gasteiger partial charge < -0.3 is 9.80 Å². The Balaban J connectivity index is 1.96. The summed E-state index contributed by atoms with van der Waals surface area (Å²) in [6, 6.07) is 3.46. The van der Waals surface area contributed by atoms with Crippen LogP contribution in [0.25, 0.3) is 0 Å². The zero-order valence-corrected chi connectivity index (χ0v) is 11.9. The van der Waals surface area contributed by atoms with Crippen molar-refractivity contribution in [3.05, 3.63) is 30.1 Å². The van der Waals surface area contributed by atoms with Crippen LogP contribution in [0.15, 0.2) is 24.5 Å². The maximum atomic E-state index is 12.3. The number of hydrogen-bond donors (Lipinski definition) is 0. The fourth-order valence-corrected chi connectivity index (χ4v) is 2.42. The monoisotopic (exact) mass is 275 g/mol. The Labute approximate surface area is 119 Å². The van der Waals surface area contributed by atoms with Crippen molar-refractivity contribution in [1.82, 2.24) is 14.8 Å². The minimum absolute atomic E-state index is 0.0252. The van der Waals surface area contributed by atoms with Gasteiger partial charge in [0.2, 0.25) is 5.91 Å². The van der Waals surface area contributed by atoms with Crippen molar-refractivity contribution in [2.75, 3.05) is 26.2 Å². The lowest BCUT2D eigenvalue weighted by Crippen LogP contribution is -2.37. The van der Waals surface area contributed by atoms with Crippen molar-refractivity contribution < 1.29 is 9.59 Å². The van der Waals surface area contributed by atoms with E-state index in [2.05, 4.69) is 4.98 Å². The van der Waals surface area contributed by atoms with Gasteiger partial charge in [-0.15, -0.1) is 0 Å². The average molecular weight is 275 g/mol. The molecule has 1 aromatic rings. The van der Waals surface area contributed by atoms with Crippen molar-refractivity contribution in [2.45, 2.75) is 26.2 Å². The van der Waals surface area contributed by atoms with Crippen LogP contribution in [0.5, 0.6) is 0 Å². The highest BCUT2D eigenvalue weighted by Gasteiger charge is 2.22. The molecule has 0 spiro atoms. The highest BCUT2D eigenvalue weighted by atomic mass is 16.2. The Morgan fingerprint density at radius 2 is 1.75 bits per heavy atom. The third-order valence-electron chi connectivity index (χ3n) is 3.53. The predicted molar refractivity (Wildman–Crippen MR) is 76.2 cm³/mol. The molecule has 1 aliphatic heterocycles. The quantitative estimate of drug-likeness (QED) is 0.841. The van der Waals surface area contributed by atoms with Crippen LogP contribution in [0, 0.1) is 0 Å². The Morgan fingerprint density at radius 3 is 2.45 bits per heavy atom. The van der Waals surface area contributed by atoms with E-state index < -0.39 is 0 Å². The summed E-state index contributed by atoms with van der Waals surface area (Å²) in [4.78, 5) is 31.9. The van der Waals surface area contributed by atoms with Gasteiger partial charge in [-0.2, -0.15) is 0 Å². The molecule has 1 fully saturated rings. The second-order valence-electron chi connectivity index (χ2n) is 5.01. The summed E-state index contributed by atoms with van der Waals surface area (Å²) in [7, 11) is 0. The molecule has 0 aliphatic carbocycles. The van der Waals surface area contributed by atoms with E-state index in [1.54, 1.807) is 24.5 Å². The predicted octanol–water partition coefficient (Wildman–Crippen LogP) is 1.56. The molecule has 5 heteroatoms. The summed E-state index contributed by atoms with van der Waals surface area (Å²) in [5.74, 6) is 0.225. The van der Waals surface area contributed by atoms with Gasteiger partial charge in [-0.1, -0.05) is 6.92 Å². The normalized spacial score (nSPS) is 15.8. The van der Waals surface area contributed by atoms with Crippen LogP contribution in [-0.2, 0) is 4.79 Å². The highest BCUT2D eigenvalue weighted by Crippen LogP contribution is 2.10. The molecule has 0 saturated carbocycles. The molecule has 5 nitrogen and oxygen atoms in total. The zero-order chi connectivity index (χ0) is 14.4. The van der Waals surface area contributed by atoms with Gasteiger partial charge >= 0.3 is 0 Å². The molecule has 0 atom stereocenters. The third-order valence-corrected chi connectivity index (χ3v) is 3.53. The molecule has 1 aromatic heterocycles. The fraction of sp³-hybridized carbons (Fsp3) is 0.533. The Hall–Kier alpha value is -1.91. The van der Waals surface area contributed by atoms with Gasteiger partial charge in [0.15, 0.2) is 0 Å². The molecule has 0 unspecified atom stereocenters. The summed E-state index contributed by atoms with van der Waals surface area (Å²) in [5.41, 5.74) is 0.660. The van der Waals surface area contributed by atoms with E-state index in [4.69, 9.17) is 0 Å². The minimum atomic E-state index is 0.0252. The Morgan fingerprint density at radius 1 is 1.10 bits per heavy atom. The van der Waals surface area contributed by atoms with Gasteiger partial charge in [0.1, 0.15) is 0 Å². The van der Waals surface area contributed by atoms with Crippen molar-refractivity contribution in [3.8, 4) is 0 Å². The van der Waals surface area contributed by atoms with Crippen LogP contribution in [0.2, 0.25) is 0 Å². The number of aromatic nitrogens is 1. The molecule has 108 valence electrons. The van der Waals surface area contributed by atoms with Gasteiger partial charge in [-0.05, 0) is 25.0 Å². The second-order valence-corrected chi connectivity index (χ2v) is 5.01. The van der Waals surface area contributed by atoms with Crippen molar-refractivity contribution in [3.63, 3.8) is 0 Å². The van der Waals surface area contributed by atoms with Gasteiger partial charge in [-0.3, -0.25) is 14.6 Å². The fourth-order valence-electron chi connectivity index (χ4n) is 2.42. The topological polar surface area (TPSA) is 53.5 Å². The lowest BCUT2D eigenvalue weighted by Gasteiger charge is -2.22. The van der Waals surface area contributed by atoms with Crippen molar-refractivity contribution >= 4 is 11.8 Å². The molecular weight excluding hydrogens is 254 g/mol. The number of carbonyl (C=O) groups is 2. The smallest absolute Gasteiger partial charge is 0.254 e. The average Bonchev–Trinajstić information content (AvgIpc) is 2.73. The number of amides is 2. The van der Waals surface area contributed by atoms with Gasteiger partial charge in [0, 0.05) is 50.6 Å². The summed E-state index contributed by atoms with van der Waals surface area (Å²) in [6.45, 7) is 4.71. The molecule has 1 saturated heterocycles. The number of rotatable bonds is 3. The molecule has 0 bridgehead atoms. The van der Waals surface area contributed by atoms with E-state index in [1.165, 1.54) is 0 Å². The van der Waals surface area contributed by atoms with Crippen molar-refractivity contribution in [2.24, 2.45) is 0 Å². The molecule has 0 N–H and O–H groups in total. The molecular formula is C15H21N3O2. The summed E-state index contributed by atoms with van der Waals surface area (Å²) in [5, 5.41) is 0. The molecule has 2 heterocycles. The van der Waals surface area contributed by atoms with Crippen LogP contribution in [0.4, 0.5) is 0 Å². The number of pyridine rings is 1. The number of hydrogen-bond acceptors (Lipinski definition) is 3. The van der Waals surface area contributed by atoms with Crippen LogP contribution >= 0.6 is 0 Å². The first kappa shape index (κ1) is 14.5. The lowest BCUT2D eigenvalue weighted by atomic mass is 10.2. The maximum absolute atomic E-state index is 12.3. The van der Waals surface area contributed by atoms with Gasteiger partial charge in [0.05, 0.1) is 0 Å². The van der Waals surface area contributed by atoms with E-state index in [9.17, 15) is 9.59 Å². The van der Waals surface area contributed by atoms with Crippen molar-refractivity contribution in [1.29, 1.82) is 0 Å². The molecule has 0 aromatic carbocycles. The first-order valence-electron chi connectivity index (χ1n) is 7.19. The third kappa shape index (κ3) is 3.56. The zero-order valence-electron chi connectivity index (χ0n) is 11.9. The Kier molecular flexibility index (Phi) is 5.09. The van der Waals surface area contributed by atoms with Crippen LogP contribution in [0.3, 0.4) is 0 Å². The first-order chi connectivity index (χ1) is 9.72. The maximum Gasteiger partial charge on any atom is 0.254 e. The van der Waals surface area contributed by atoms with E-state index in [0.717, 1.165) is 19.4 Å². The highest BCUT2D eigenvalue weighted by molar-refractivity contribution is 5.94. The number of carbonyl (C=O) groups excluding carboxylic acids is 2. The van der Waals surface area contributed by atoms with Gasteiger partial charge in [0.25, 0.3) is 5.91 Å². The Bertz CT molecular complexity index is 461. The SMILES string of the molecule is CCCC(=O)N1CCCN(C(=O)c2ccncc2)CC1. The molecule has 2 amide bonds. The summed E-state index contributed by atoms with van der Waals surface area (Å²) in [6.07, 6.45) is 5.56. The first-order valence-corrected chi connectivity index (χ1v) is 7.19. The van der Waals surface area contributed by atoms with Gasteiger partial charge in [-0.25, -0.2) is 0 Å². The lowest BCUT2D eigenvalue weighted by molar-refractivity contribution is -0.131. The van der Waals surface area contributed by atoms with Crippen LogP contribution < -0.4 is 0 Å². The second kappa shape index (κ2) is 7.03.